The third-order valence-corrected chi connectivity index (χ3v) is 5.67. The average molecular weight is 316 g/mol. The number of aryl methyl sites for hydroxylation is 2. The molecule has 0 radical (unpaired) electrons. The highest BCUT2D eigenvalue weighted by atomic mass is 16.1. The smallest absolute Gasteiger partial charge is 0.267 e. The van der Waals surface area contributed by atoms with E-state index in [1.807, 2.05) is 6.07 Å². The Balaban J connectivity index is 1.24. The van der Waals surface area contributed by atoms with Crippen molar-refractivity contribution in [3.05, 3.63) is 27.7 Å². The van der Waals surface area contributed by atoms with Crippen LogP contribution in [0.25, 0.3) is 0 Å². The first kappa shape index (κ1) is 15.3. The predicted octanol–water partition coefficient (Wildman–Crippen LogP) is 1.15. The Labute approximate surface area is 138 Å². The molecule has 0 amide bonds. The van der Waals surface area contributed by atoms with Gasteiger partial charge in [-0.05, 0) is 50.8 Å². The molecule has 2 saturated heterocycles. The summed E-state index contributed by atoms with van der Waals surface area (Å²) in [5.41, 5.74) is 2.44. The summed E-state index contributed by atoms with van der Waals surface area (Å²) in [6.07, 6.45) is 7.38. The van der Waals surface area contributed by atoms with Gasteiger partial charge in [-0.1, -0.05) is 6.42 Å². The van der Waals surface area contributed by atoms with E-state index < -0.39 is 0 Å². The Hall–Kier alpha value is -1.20. The standard InChI is InChI=1S/C18H28N4O/c23-18-11-16-5-4-6-17(16)19-22(18)14-15-12-21(13-15)10-9-20-7-2-1-3-8-20/h11,15H,1-10,12-14H2. The monoisotopic (exact) mass is 316 g/mol. The van der Waals surface area contributed by atoms with Gasteiger partial charge in [-0.25, -0.2) is 4.68 Å². The molecule has 126 valence electrons. The molecule has 0 N–H and O–H groups in total. The highest BCUT2D eigenvalue weighted by Crippen LogP contribution is 2.20. The van der Waals surface area contributed by atoms with Gasteiger partial charge in [0.1, 0.15) is 0 Å². The summed E-state index contributed by atoms with van der Waals surface area (Å²) in [6, 6.07) is 1.82. The van der Waals surface area contributed by atoms with Crippen LogP contribution in [0.5, 0.6) is 0 Å². The van der Waals surface area contributed by atoms with Gasteiger partial charge in [-0.3, -0.25) is 4.79 Å². The van der Waals surface area contributed by atoms with E-state index in [4.69, 9.17) is 0 Å². The lowest BCUT2D eigenvalue weighted by Crippen LogP contribution is -2.52. The zero-order valence-electron chi connectivity index (χ0n) is 14.0. The van der Waals surface area contributed by atoms with Crippen LogP contribution in [0.15, 0.2) is 10.9 Å². The van der Waals surface area contributed by atoms with Crippen LogP contribution in [-0.4, -0.2) is 58.8 Å². The van der Waals surface area contributed by atoms with Crippen molar-refractivity contribution in [1.82, 2.24) is 19.6 Å². The van der Waals surface area contributed by atoms with Gasteiger partial charge in [0, 0.05) is 38.2 Å². The molecule has 2 fully saturated rings. The van der Waals surface area contributed by atoms with Crippen LogP contribution in [0.3, 0.4) is 0 Å². The minimum atomic E-state index is 0.0948. The number of rotatable bonds is 5. The summed E-state index contributed by atoms with van der Waals surface area (Å²) in [7, 11) is 0. The molecule has 1 aromatic rings. The predicted molar refractivity (Wildman–Crippen MR) is 90.7 cm³/mol. The lowest BCUT2D eigenvalue weighted by atomic mass is 10.00. The zero-order valence-corrected chi connectivity index (χ0v) is 14.0. The number of likely N-dealkylation sites (tertiary alicyclic amines) is 2. The molecule has 3 aliphatic rings. The second-order valence-electron chi connectivity index (χ2n) is 7.52. The number of aromatic nitrogens is 2. The van der Waals surface area contributed by atoms with Crippen LogP contribution in [0.1, 0.15) is 36.9 Å². The maximum Gasteiger partial charge on any atom is 0.267 e. The van der Waals surface area contributed by atoms with E-state index in [1.54, 1.807) is 4.68 Å². The molecule has 0 atom stereocenters. The molecular formula is C18H28N4O. The minimum Gasteiger partial charge on any atom is -0.302 e. The van der Waals surface area contributed by atoms with Crippen LogP contribution in [0.2, 0.25) is 0 Å². The van der Waals surface area contributed by atoms with Crippen molar-refractivity contribution in [2.45, 2.75) is 45.1 Å². The molecule has 1 aliphatic carbocycles. The summed E-state index contributed by atoms with van der Waals surface area (Å²) >= 11 is 0. The maximum absolute atomic E-state index is 12.1. The lowest BCUT2D eigenvalue weighted by molar-refractivity contribution is 0.0684. The Kier molecular flexibility index (Phi) is 4.49. The molecule has 2 aliphatic heterocycles. The van der Waals surface area contributed by atoms with Crippen molar-refractivity contribution in [3.63, 3.8) is 0 Å². The Morgan fingerprint density at radius 3 is 2.61 bits per heavy atom. The Bertz CT molecular complexity index is 600. The molecule has 5 heteroatoms. The first-order chi connectivity index (χ1) is 11.3. The molecule has 0 aromatic carbocycles. The van der Waals surface area contributed by atoms with Gasteiger partial charge in [0.15, 0.2) is 0 Å². The van der Waals surface area contributed by atoms with Gasteiger partial charge >= 0.3 is 0 Å². The molecule has 0 unspecified atom stereocenters. The topological polar surface area (TPSA) is 41.4 Å². The number of nitrogens with zero attached hydrogens (tertiary/aromatic N) is 4. The summed E-state index contributed by atoms with van der Waals surface area (Å²) in [6.45, 7) is 8.01. The summed E-state index contributed by atoms with van der Waals surface area (Å²) in [5, 5.41) is 4.60. The number of piperidine rings is 1. The van der Waals surface area contributed by atoms with E-state index in [9.17, 15) is 4.79 Å². The lowest BCUT2D eigenvalue weighted by Gasteiger charge is -2.40. The molecule has 5 nitrogen and oxygen atoms in total. The third kappa shape index (κ3) is 3.50. The van der Waals surface area contributed by atoms with Crippen LogP contribution < -0.4 is 5.56 Å². The summed E-state index contributed by atoms with van der Waals surface area (Å²) < 4.78 is 1.72. The maximum atomic E-state index is 12.1. The average Bonchev–Trinajstić information content (AvgIpc) is 2.97. The van der Waals surface area contributed by atoms with E-state index in [0.717, 1.165) is 44.6 Å². The molecule has 23 heavy (non-hydrogen) atoms. The van der Waals surface area contributed by atoms with Gasteiger partial charge in [0.05, 0.1) is 12.2 Å². The molecule has 3 heterocycles. The minimum absolute atomic E-state index is 0.0948. The fourth-order valence-electron chi connectivity index (χ4n) is 4.26. The van der Waals surface area contributed by atoms with Crippen molar-refractivity contribution >= 4 is 0 Å². The van der Waals surface area contributed by atoms with Crippen LogP contribution in [-0.2, 0) is 19.4 Å². The van der Waals surface area contributed by atoms with Crippen molar-refractivity contribution in [2.75, 3.05) is 39.3 Å². The number of fused-ring (bicyclic) bond motifs is 1. The fraction of sp³-hybridized carbons (Fsp3) is 0.778. The zero-order chi connectivity index (χ0) is 15.6. The van der Waals surface area contributed by atoms with Gasteiger partial charge in [-0.2, -0.15) is 5.10 Å². The van der Waals surface area contributed by atoms with Crippen molar-refractivity contribution in [1.29, 1.82) is 0 Å². The van der Waals surface area contributed by atoms with Gasteiger partial charge < -0.3 is 9.80 Å². The summed E-state index contributed by atoms with van der Waals surface area (Å²) in [4.78, 5) is 17.3. The second-order valence-corrected chi connectivity index (χ2v) is 7.52. The molecule has 0 spiro atoms. The molecule has 0 saturated carbocycles. The quantitative estimate of drug-likeness (QED) is 0.817. The third-order valence-electron chi connectivity index (χ3n) is 5.67. The van der Waals surface area contributed by atoms with E-state index in [-0.39, 0.29) is 5.56 Å². The fourth-order valence-corrected chi connectivity index (χ4v) is 4.26. The molecule has 0 bridgehead atoms. The number of hydrogen-bond donors (Lipinski definition) is 0. The van der Waals surface area contributed by atoms with Gasteiger partial charge in [0.25, 0.3) is 5.56 Å². The first-order valence-electron chi connectivity index (χ1n) is 9.32. The van der Waals surface area contributed by atoms with Gasteiger partial charge in [-0.15, -0.1) is 0 Å². The summed E-state index contributed by atoms with van der Waals surface area (Å²) in [5.74, 6) is 0.598. The normalized spacial score (nSPS) is 23.0. The Morgan fingerprint density at radius 1 is 1.00 bits per heavy atom. The van der Waals surface area contributed by atoms with Crippen molar-refractivity contribution < 1.29 is 0 Å². The Morgan fingerprint density at radius 2 is 1.78 bits per heavy atom. The number of hydrogen-bond acceptors (Lipinski definition) is 4. The second kappa shape index (κ2) is 6.73. The van der Waals surface area contributed by atoms with E-state index in [0.29, 0.717) is 5.92 Å². The van der Waals surface area contributed by atoms with E-state index in [2.05, 4.69) is 14.9 Å². The highest BCUT2D eigenvalue weighted by Gasteiger charge is 2.28. The van der Waals surface area contributed by atoms with Crippen LogP contribution >= 0.6 is 0 Å². The highest BCUT2D eigenvalue weighted by molar-refractivity contribution is 5.22. The molecule has 1 aromatic heterocycles. The molecular weight excluding hydrogens is 288 g/mol. The van der Waals surface area contributed by atoms with Crippen LogP contribution in [0.4, 0.5) is 0 Å². The van der Waals surface area contributed by atoms with E-state index in [1.165, 1.54) is 51.0 Å². The largest absolute Gasteiger partial charge is 0.302 e. The first-order valence-corrected chi connectivity index (χ1v) is 9.32. The van der Waals surface area contributed by atoms with Crippen LogP contribution in [0, 0.1) is 5.92 Å². The van der Waals surface area contributed by atoms with Crippen molar-refractivity contribution in [3.8, 4) is 0 Å². The van der Waals surface area contributed by atoms with Crippen molar-refractivity contribution in [2.24, 2.45) is 5.92 Å². The van der Waals surface area contributed by atoms with E-state index >= 15 is 0 Å². The van der Waals surface area contributed by atoms with Gasteiger partial charge in [0.2, 0.25) is 0 Å². The SMILES string of the molecule is O=c1cc2c(nn1CC1CN(CCN3CCCCC3)C1)CCC2. The molecule has 4 rings (SSSR count).